The first-order valence-electron chi connectivity index (χ1n) is 6.77. The second kappa shape index (κ2) is 6.23. The summed E-state index contributed by atoms with van der Waals surface area (Å²) in [6.07, 6.45) is 3.12. The molecule has 0 saturated carbocycles. The number of nitrogens with zero attached hydrogens (tertiary/aromatic N) is 4. The van der Waals surface area contributed by atoms with Crippen LogP contribution in [-0.2, 0) is 0 Å². The first kappa shape index (κ1) is 13.4. The smallest absolute Gasteiger partial charge is 0.189 e. The van der Waals surface area contributed by atoms with Crippen LogP contribution in [0, 0.1) is 6.92 Å². The van der Waals surface area contributed by atoms with Crippen molar-refractivity contribution in [3.8, 4) is 0 Å². The molecule has 3 heterocycles. The fourth-order valence-electron chi connectivity index (χ4n) is 1.96. The molecule has 1 aliphatic rings. The van der Waals surface area contributed by atoms with Gasteiger partial charge in [0.1, 0.15) is 5.82 Å². The molecule has 0 aromatic carbocycles. The van der Waals surface area contributed by atoms with Crippen LogP contribution >= 0.6 is 11.8 Å². The number of anilines is 2. The average Bonchev–Trinajstić information content (AvgIpc) is 2.78. The number of nitrogens with one attached hydrogen (secondary N) is 2. The van der Waals surface area contributed by atoms with Crippen molar-refractivity contribution in [3.63, 3.8) is 0 Å². The van der Waals surface area contributed by atoms with Gasteiger partial charge in [0, 0.05) is 30.3 Å². The Kier molecular flexibility index (Phi) is 4.17. The highest BCUT2D eigenvalue weighted by atomic mass is 32.2. The Bertz CT molecular complexity index is 565. The van der Waals surface area contributed by atoms with Gasteiger partial charge in [0.25, 0.3) is 0 Å². The van der Waals surface area contributed by atoms with Gasteiger partial charge in [0.2, 0.25) is 0 Å². The van der Waals surface area contributed by atoms with Crippen LogP contribution < -0.4 is 5.32 Å². The van der Waals surface area contributed by atoms with Crippen LogP contribution in [0.25, 0.3) is 0 Å². The van der Waals surface area contributed by atoms with E-state index in [2.05, 4.69) is 30.4 Å². The topological polar surface area (TPSA) is 69.7 Å². The first-order valence-corrected chi connectivity index (χ1v) is 7.75. The number of aromatic amines is 1. The minimum atomic E-state index is 0.776. The zero-order valence-corrected chi connectivity index (χ0v) is 12.3. The summed E-state index contributed by atoms with van der Waals surface area (Å²) in [5.74, 6) is 2.58. The minimum absolute atomic E-state index is 0.776. The van der Waals surface area contributed by atoms with Crippen molar-refractivity contribution < 1.29 is 0 Å². The predicted molar refractivity (Wildman–Crippen MR) is 80.4 cm³/mol. The van der Waals surface area contributed by atoms with Gasteiger partial charge in [-0.15, -0.1) is 0 Å². The maximum absolute atomic E-state index is 4.49. The van der Waals surface area contributed by atoms with E-state index in [9.17, 15) is 0 Å². The number of likely N-dealkylation sites (tertiary alicyclic amines) is 1. The summed E-state index contributed by atoms with van der Waals surface area (Å²) >= 11 is 1.70. The summed E-state index contributed by atoms with van der Waals surface area (Å²) in [5, 5.41) is 11.0. The van der Waals surface area contributed by atoms with Gasteiger partial charge >= 0.3 is 0 Å². The van der Waals surface area contributed by atoms with Crippen molar-refractivity contribution in [2.45, 2.75) is 18.5 Å². The second-order valence-electron chi connectivity index (χ2n) is 4.83. The molecule has 1 saturated heterocycles. The van der Waals surface area contributed by atoms with E-state index >= 15 is 0 Å². The van der Waals surface area contributed by atoms with Crippen LogP contribution in [0.4, 0.5) is 11.6 Å². The lowest BCUT2D eigenvalue weighted by molar-refractivity contribution is 0.194. The predicted octanol–water partition coefficient (Wildman–Crippen LogP) is 2.05. The number of aromatic nitrogens is 4. The number of hydrogen-bond donors (Lipinski definition) is 2. The van der Waals surface area contributed by atoms with E-state index in [0.717, 1.165) is 34.8 Å². The fraction of sp³-hybridized carbons (Fsp3) is 0.462. The average molecular weight is 290 g/mol. The maximum atomic E-state index is 4.49. The van der Waals surface area contributed by atoms with Crippen molar-refractivity contribution >= 4 is 23.4 Å². The van der Waals surface area contributed by atoms with Crippen molar-refractivity contribution in [1.29, 1.82) is 0 Å². The molecule has 20 heavy (non-hydrogen) atoms. The van der Waals surface area contributed by atoms with E-state index in [4.69, 9.17) is 0 Å². The highest BCUT2D eigenvalue weighted by molar-refractivity contribution is 7.99. The summed E-state index contributed by atoms with van der Waals surface area (Å²) in [5.41, 5.74) is 1.02. The summed E-state index contributed by atoms with van der Waals surface area (Å²) < 4.78 is 0. The van der Waals surface area contributed by atoms with Crippen molar-refractivity contribution in [2.75, 3.05) is 30.7 Å². The van der Waals surface area contributed by atoms with Crippen molar-refractivity contribution in [2.24, 2.45) is 0 Å². The molecule has 2 N–H and O–H groups in total. The van der Waals surface area contributed by atoms with Gasteiger partial charge in [0.05, 0.1) is 0 Å². The number of rotatable bonds is 6. The van der Waals surface area contributed by atoms with Gasteiger partial charge in [0.15, 0.2) is 11.0 Å². The molecule has 0 atom stereocenters. The third-order valence-electron chi connectivity index (χ3n) is 3.18. The molecule has 106 valence electrons. The fourth-order valence-corrected chi connectivity index (χ4v) is 2.79. The van der Waals surface area contributed by atoms with E-state index < -0.39 is 0 Å². The molecule has 1 fully saturated rings. The molecule has 3 rings (SSSR count). The van der Waals surface area contributed by atoms with E-state index in [1.807, 2.05) is 19.1 Å². The molecule has 0 amide bonds. The lowest BCUT2D eigenvalue weighted by Gasteiger charge is -2.30. The molecular weight excluding hydrogens is 272 g/mol. The Morgan fingerprint density at radius 1 is 1.40 bits per heavy atom. The third-order valence-corrected chi connectivity index (χ3v) is 4.02. The Balaban J connectivity index is 1.54. The quantitative estimate of drug-likeness (QED) is 0.627. The van der Waals surface area contributed by atoms with Crippen LogP contribution in [0.1, 0.15) is 12.1 Å². The van der Waals surface area contributed by atoms with E-state index in [-0.39, 0.29) is 0 Å². The Morgan fingerprint density at radius 3 is 3.00 bits per heavy atom. The van der Waals surface area contributed by atoms with Gasteiger partial charge in [-0.25, -0.2) is 9.97 Å². The highest BCUT2D eigenvalue weighted by Gasteiger charge is 2.13. The van der Waals surface area contributed by atoms with E-state index in [1.54, 1.807) is 18.0 Å². The molecule has 0 radical (unpaired) electrons. The number of hydrogen-bond acceptors (Lipinski definition) is 6. The van der Waals surface area contributed by atoms with Crippen molar-refractivity contribution in [1.82, 2.24) is 25.1 Å². The second-order valence-corrected chi connectivity index (χ2v) is 5.89. The van der Waals surface area contributed by atoms with Gasteiger partial charge < -0.3 is 10.2 Å². The Labute approximate surface area is 122 Å². The van der Waals surface area contributed by atoms with Crippen LogP contribution in [0.3, 0.4) is 0 Å². The largest absolute Gasteiger partial charge is 0.323 e. The van der Waals surface area contributed by atoms with Gasteiger partial charge in [-0.05, 0) is 32.5 Å². The van der Waals surface area contributed by atoms with E-state index in [1.165, 1.54) is 19.5 Å². The molecule has 0 bridgehead atoms. The molecule has 1 aliphatic heterocycles. The molecule has 0 aliphatic carbocycles. The molecular formula is C13H18N6S. The van der Waals surface area contributed by atoms with Gasteiger partial charge in [-0.2, -0.15) is 5.10 Å². The normalized spacial score (nSPS) is 15.1. The molecule has 2 aromatic heterocycles. The SMILES string of the molecule is Cc1cc(Nc2ccnc(SCCN3CCC3)n2)n[nH]1. The first-order chi connectivity index (χ1) is 9.79. The van der Waals surface area contributed by atoms with Crippen molar-refractivity contribution in [3.05, 3.63) is 24.0 Å². The minimum Gasteiger partial charge on any atom is -0.323 e. The zero-order chi connectivity index (χ0) is 13.8. The zero-order valence-electron chi connectivity index (χ0n) is 11.5. The molecule has 0 unspecified atom stereocenters. The van der Waals surface area contributed by atoms with Crippen LogP contribution in [0.15, 0.2) is 23.5 Å². The molecule has 0 spiro atoms. The summed E-state index contributed by atoms with van der Waals surface area (Å²) in [7, 11) is 0. The van der Waals surface area contributed by atoms with Gasteiger partial charge in [-0.1, -0.05) is 11.8 Å². The monoisotopic (exact) mass is 290 g/mol. The molecule has 7 heteroatoms. The molecule has 6 nitrogen and oxygen atoms in total. The number of aryl methyl sites for hydroxylation is 1. The van der Waals surface area contributed by atoms with Crippen LogP contribution in [0.5, 0.6) is 0 Å². The molecule has 2 aromatic rings. The Hall–Kier alpha value is -1.60. The summed E-state index contributed by atoms with van der Waals surface area (Å²) in [6, 6.07) is 3.79. The lowest BCUT2D eigenvalue weighted by atomic mass is 10.2. The number of H-pyrrole nitrogens is 1. The third kappa shape index (κ3) is 3.49. The van der Waals surface area contributed by atoms with Crippen LogP contribution in [0.2, 0.25) is 0 Å². The lowest BCUT2D eigenvalue weighted by Crippen LogP contribution is -2.38. The van der Waals surface area contributed by atoms with Crippen LogP contribution in [-0.4, -0.2) is 50.5 Å². The summed E-state index contributed by atoms with van der Waals surface area (Å²) in [4.78, 5) is 11.2. The number of thioether (sulfide) groups is 1. The standard InChI is InChI=1S/C13H18N6S/c1-10-9-12(18-17-10)15-11-3-4-14-13(16-11)20-8-7-19-5-2-6-19/h3-4,9H,2,5-8H2,1H3,(H2,14,15,16,17,18). The Morgan fingerprint density at radius 2 is 2.30 bits per heavy atom. The van der Waals surface area contributed by atoms with Gasteiger partial charge in [-0.3, -0.25) is 5.10 Å². The maximum Gasteiger partial charge on any atom is 0.189 e. The summed E-state index contributed by atoms with van der Waals surface area (Å²) in [6.45, 7) is 5.56. The highest BCUT2D eigenvalue weighted by Crippen LogP contribution is 2.18. The van der Waals surface area contributed by atoms with E-state index in [0.29, 0.717) is 0 Å².